The second kappa shape index (κ2) is 5.86. The summed E-state index contributed by atoms with van der Waals surface area (Å²) >= 11 is 4.79. The summed E-state index contributed by atoms with van der Waals surface area (Å²) in [5.41, 5.74) is 0.953. The number of alkyl halides is 4. The van der Waals surface area contributed by atoms with E-state index in [1.54, 1.807) is 22.6 Å². The Hall–Kier alpha value is -0.560. The highest BCUT2D eigenvalue weighted by Gasteiger charge is 2.33. The zero-order chi connectivity index (χ0) is 13.1. The zero-order valence-corrected chi connectivity index (χ0v) is 11.9. The van der Waals surface area contributed by atoms with Gasteiger partial charge < -0.3 is 4.74 Å². The largest absolute Gasteiger partial charge is 0.574 e. The lowest BCUT2D eigenvalue weighted by Crippen LogP contribution is -2.19. The summed E-state index contributed by atoms with van der Waals surface area (Å²) in [6.07, 6.45) is -4.68. The van der Waals surface area contributed by atoms with Crippen molar-refractivity contribution in [1.29, 1.82) is 5.26 Å². The van der Waals surface area contributed by atoms with Crippen LogP contribution in [0.25, 0.3) is 0 Å². The Morgan fingerprint density at radius 3 is 2.65 bits per heavy atom. The van der Waals surface area contributed by atoms with Crippen molar-refractivity contribution in [3.8, 4) is 11.9 Å². The average Bonchev–Trinajstić information content (AvgIpc) is 2.20. The van der Waals surface area contributed by atoms with E-state index < -0.39 is 12.2 Å². The fraction of sp³-hybridized carbons (Fsp3) is 0.333. The first kappa shape index (κ1) is 14.5. The van der Waals surface area contributed by atoms with Crippen molar-refractivity contribution >= 4 is 38.5 Å². The second-order valence-electron chi connectivity index (χ2n) is 2.90. The topological polar surface area (TPSA) is 45.9 Å². The number of halogens is 5. The highest BCUT2D eigenvalue weighted by atomic mass is 127. The minimum atomic E-state index is -4.77. The molecule has 0 aromatic carbocycles. The molecule has 1 heterocycles. The molecule has 1 aromatic rings. The number of aromatic nitrogens is 1. The lowest BCUT2D eigenvalue weighted by molar-refractivity contribution is -0.276. The van der Waals surface area contributed by atoms with Gasteiger partial charge in [-0.05, 0) is 34.2 Å². The number of nitriles is 1. The Bertz CT molecular complexity index is 459. The third-order valence-corrected chi connectivity index (χ3v) is 3.02. The minimum Gasteiger partial charge on any atom is -0.387 e. The highest BCUT2D eigenvalue weighted by Crippen LogP contribution is 2.28. The molecule has 0 N–H and O–H groups in total. The van der Waals surface area contributed by atoms with Crippen LogP contribution in [0.5, 0.6) is 5.88 Å². The number of pyridine rings is 1. The van der Waals surface area contributed by atoms with Crippen LogP contribution in [0.3, 0.4) is 0 Å². The Morgan fingerprint density at radius 1 is 1.53 bits per heavy atom. The summed E-state index contributed by atoms with van der Waals surface area (Å²) in [5.74, 6) is -0.491. The number of nitrogens with zero attached hydrogens (tertiary/aromatic N) is 2. The van der Waals surface area contributed by atoms with E-state index in [1.807, 2.05) is 6.07 Å². The molecule has 0 bridgehead atoms. The first-order chi connectivity index (χ1) is 7.87. The van der Waals surface area contributed by atoms with Crippen LogP contribution < -0.4 is 4.74 Å². The van der Waals surface area contributed by atoms with Gasteiger partial charge >= 0.3 is 6.36 Å². The standard InChI is InChI=1S/C9H5BrF3IN2O/c10-4-7-5(1-2-15)3-6(14)8(16-7)17-9(11,12)13/h3H,1,4H2. The molecule has 1 rings (SSSR count). The Kier molecular flexibility index (Phi) is 5.00. The van der Waals surface area contributed by atoms with Gasteiger partial charge in [0.15, 0.2) is 0 Å². The Morgan fingerprint density at radius 2 is 2.18 bits per heavy atom. The molecule has 0 radical (unpaired) electrons. The molecule has 0 aliphatic rings. The summed E-state index contributed by atoms with van der Waals surface area (Å²) < 4.78 is 40.2. The van der Waals surface area contributed by atoms with E-state index >= 15 is 0 Å². The van der Waals surface area contributed by atoms with Crippen LogP contribution in [-0.2, 0) is 11.8 Å². The van der Waals surface area contributed by atoms with Gasteiger partial charge in [0, 0.05) is 5.33 Å². The van der Waals surface area contributed by atoms with Gasteiger partial charge in [-0.25, -0.2) is 4.98 Å². The third-order valence-electron chi connectivity index (χ3n) is 1.72. The van der Waals surface area contributed by atoms with E-state index in [1.165, 1.54) is 6.07 Å². The van der Waals surface area contributed by atoms with Crippen LogP contribution >= 0.6 is 38.5 Å². The number of hydrogen-bond donors (Lipinski definition) is 0. The molecule has 3 nitrogen and oxygen atoms in total. The van der Waals surface area contributed by atoms with Crippen molar-refractivity contribution in [2.75, 3.05) is 0 Å². The molecule has 0 amide bonds. The van der Waals surface area contributed by atoms with Crippen molar-refractivity contribution in [3.63, 3.8) is 0 Å². The fourth-order valence-electron chi connectivity index (χ4n) is 1.08. The van der Waals surface area contributed by atoms with Crippen molar-refractivity contribution in [1.82, 2.24) is 4.98 Å². The predicted molar refractivity (Wildman–Crippen MR) is 65.6 cm³/mol. The summed E-state index contributed by atoms with van der Waals surface area (Å²) in [6.45, 7) is 0. The second-order valence-corrected chi connectivity index (χ2v) is 4.62. The molecular formula is C9H5BrF3IN2O. The molecule has 0 spiro atoms. The van der Waals surface area contributed by atoms with Crippen LogP contribution in [0.4, 0.5) is 13.2 Å². The highest BCUT2D eigenvalue weighted by molar-refractivity contribution is 14.1. The van der Waals surface area contributed by atoms with Crippen LogP contribution in [-0.4, -0.2) is 11.3 Å². The lowest BCUT2D eigenvalue weighted by Gasteiger charge is -2.12. The Balaban J connectivity index is 3.14. The summed E-state index contributed by atoms with van der Waals surface area (Å²) in [5, 5.41) is 8.84. The van der Waals surface area contributed by atoms with Gasteiger partial charge in [-0.1, -0.05) is 15.9 Å². The first-order valence-corrected chi connectivity index (χ1v) is 6.44. The fourth-order valence-corrected chi connectivity index (χ4v) is 2.17. The molecule has 92 valence electrons. The summed E-state index contributed by atoms with van der Waals surface area (Å²) in [6, 6.07) is 3.39. The number of ether oxygens (including phenoxy) is 1. The molecule has 0 aliphatic carbocycles. The van der Waals surface area contributed by atoms with Gasteiger partial charge in [0.25, 0.3) is 0 Å². The van der Waals surface area contributed by atoms with E-state index in [0.29, 0.717) is 11.3 Å². The molecule has 0 unspecified atom stereocenters. The van der Waals surface area contributed by atoms with E-state index in [4.69, 9.17) is 5.26 Å². The molecule has 0 saturated heterocycles. The zero-order valence-electron chi connectivity index (χ0n) is 8.18. The lowest BCUT2D eigenvalue weighted by atomic mass is 10.1. The molecule has 1 aromatic heterocycles. The molecule has 0 fully saturated rings. The number of hydrogen-bond acceptors (Lipinski definition) is 3. The third kappa shape index (κ3) is 4.31. The predicted octanol–water partition coefficient (Wildman–Crippen LogP) is 3.55. The van der Waals surface area contributed by atoms with Crippen molar-refractivity contribution < 1.29 is 17.9 Å². The van der Waals surface area contributed by atoms with Gasteiger partial charge in [0.05, 0.1) is 21.8 Å². The molecule has 8 heteroatoms. The van der Waals surface area contributed by atoms with Gasteiger partial charge in [-0.2, -0.15) is 5.26 Å². The summed E-state index contributed by atoms with van der Waals surface area (Å²) in [7, 11) is 0. The molecule has 0 saturated carbocycles. The maximum Gasteiger partial charge on any atom is 0.574 e. The maximum absolute atomic E-state index is 12.1. The van der Waals surface area contributed by atoms with Crippen molar-refractivity contribution in [2.45, 2.75) is 18.1 Å². The maximum atomic E-state index is 12.1. The monoisotopic (exact) mass is 420 g/mol. The normalized spacial score (nSPS) is 11.1. The van der Waals surface area contributed by atoms with Crippen LogP contribution in [0.1, 0.15) is 11.3 Å². The van der Waals surface area contributed by atoms with Crippen LogP contribution in [0, 0.1) is 14.9 Å². The SMILES string of the molecule is N#CCc1cc(I)c(OC(F)(F)F)nc1CBr. The molecule has 17 heavy (non-hydrogen) atoms. The summed E-state index contributed by atoms with van der Waals surface area (Å²) in [4.78, 5) is 3.75. The van der Waals surface area contributed by atoms with E-state index in [9.17, 15) is 13.2 Å². The van der Waals surface area contributed by atoms with Crippen LogP contribution in [0.2, 0.25) is 0 Å². The molecule has 0 aliphatic heterocycles. The van der Waals surface area contributed by atoms with Crippen molar-refractivity contribution in [2.24, 2.45) is 0 Å². The average molecular weight is 421 g/mol. The minimum absolute atomic E-state index is 0.0935. The van der Waals surface area contributed by atoms with E-state index in [0.717, 1.165) is 0 Å². The molecular weight excluding hydrogens is 416 g/mol. The van der Waals surface area contributed by atoms with E-state index in [-0.39, 0.29) is 15.3 Å². The van der Waals surface area contributed by atoms with Gasteiger partial charge in [-0.15, -0.1) is 13.2 Å². The number of rotatable bonds is 3. The van der Waals surface area contributed by atoms with Crippen molar-refractivity contribution in [3.05, 3.63) is 20.9 Å². The first-order valence-electron chi connectivity index (χ1n) is 4.24. The Labute approximate surface area is 117 Å². The van der Waals surface area contributed by atoms with Gasteiger partial charge in [0.2, 0.25) is 5.88 Å². The van der Waals surface area contributed by atoms with Gasteiger partial charge in [0.1, 0.15) is 0 Å². The smallest absolute Gasteiger partial charge is 0.387 e. The van der Waals surface area contributed by atoms with E-state index in [2.05, 4.69) is 25.7 Å². The van der Waals surface area contributed by atoms with Gasteiger partial charge in [-0.3, -0.25) is 0 Å². The molecule has 0 atom stereocenters. The quantitative estimate of drug-likeness (QED) is 0.555. The van der Waals surface area contributed by atoms with Crippen LogP contribution in [0.15, 0.2) is 6.07 Å².